The number of amides is 1. The first-order valence-electron chi connectivity index (χ1n) is 6.84. The lowest BCUT2D eigenvalue weighted by molar-refractivity contribution is -0.141. The number of rotatable bonds is 3. The van der Waals surface area contributed by atoms with Gasteiger partial charge in [-0.25, -0.2) is 4.79 Å². The molecule has 1 atom stereocenters. The molecule has 1 saturated heterocycles. The first-order chi connectivity index (χ1) is 10.9. The number of nitrogens with one attached hydrogen (secondary N) is 1. The Morgan fingerprint density at radius 2 is 2.17 bits per heavy atom. The van der Waals surface area contributed by atoms with Crippen LogP contribution in [0.5, 0.6) is 0 Å². The molecule has 6 nitrogen and oxygen atoms in total. The number of aliphatic carboxylic acids is 1. The van der Waals surface area contributed by atoms with Gasteiger partial charge in [0.25, 0.3) is 5.91 Å². The van der Waals surface area contributed by atoms with Crippen LogP contribution in [-0.2, 0) is 9.59 Å². The van der Waals surface area contributed by atoms with Crippen LogP contribution in [0.4, 0.5) is 0 Å². The summed E-state index contributed by atoms with van der Waals surface area (Å²) in [6, 6.07) is 6.90. The fraction of sp³-hybridized carbons (Fsp3) is 0.200. The van der Waals surface area contributed by atoms with Crippen LogP contribution in [-0.4, -0.2) is 38.1 Å². The van der Waals surface area contributed by atoms with Gasteiger partial charge >= 0.3 is 5.97 Å². The minimum atomic E-state index is -0.987. The van der Waals surface area contributed by atoms with Gasteiger partial charge in [-0.2, -0.15) is 5.10 Å². The van der Waals surface area contributed by atoms with Crippen molar-refractivity contribution in [3.63, 3.8) is 0 Å². The predicted molar refractivity (Wildman–Crippen MR) is 92.0 cm³/mol. The molecule has 1 aromatic rings. The molecule has 2 aliphatic rings. The summed E-state index contributed by atoms with van der Waals surface area (Å²) >= 11 is 6.03. The standard InChI is InChI=1S/C15H13N3O3S2/c1-8-2-4-9(5-3-8)10-6-11(14(20)21)18(17-10)7-12-13(19)16-15(22)23-12/h2-5,7,11H,6H2,1H3,(H,20,21)(H,16,19,22)/b12-7-/t11-/m1/s1. The zero-order valence-corrected chi connectivity index (χ0v) is 13.8. The molecule has 2 heterocycles. The maximum atomic E-state index is 11.7. The Balaban J connectivity index is 1.91. The van der Waals surface area contributed by atoms with Crippen LogP contribution < -0.4 is 5.32 Å². The molecule has 23 heavy (non-hydrogen) atoms. The monoisotopic (exact) mass is 347 g/mol. The Hall–Kier alpha value is -2.19. The quantitative estimate of drug-likeness (QED) is 0.641. The van der Waals surface area contributed by atoms with Gasteiger partial charge in [0.2, 0.25) is 0 Å². The van der Waals surface area contributed by atoms with E-state index < -0.39 is 12.0 Å². The van der Waals surface area contributed by atoms with Gasteiger partial charge in [0.15, 0.2) is 6.04 Å². The van der Waals surface area contributed by atoms with Gasteiger partial charge < -0.3 is 10.4 Å². The van der Waals surface area contributed by atoms with Crippen molar-refractivity contribution in [3.8, 4) is 0 Å². The van der Waals surface area contributed by atoms with Crippen LogP contribution in [0.2, 0.25) is 0 Å². The summed E-state index contributed by atoms with van der Waals surface area (Å²) in [7, 11) is 0. The Morgan fingerprint density at radius 3 is 2.74 bits per heavy atom. The molecule has 8 heteroatoms. The largest absolute Gasteiger partial charge is 0.480 e. The fourth-order valence-electron chi connectivity index (χ4n) is 2.30. The third-order valence-corrected chi connectivity index (χ3v) is 4.65. The maximum Gasteiger partial charge on any atom is 0.328 e. The summed E-state index contributed by atoms with van der Waals surface area (Å²) < 4.78 is 0.357. The topological polar surface area (TPSA) is 82.0 Å². The van der Waals surface area contributed by atoms with Crippen LogP contribution in [0.3, 0.4) is 0 Å². The lowest BCUT2D eigenvalue weighted by Crippen LogP contribution is -2.31. The number of carbonyl (C=O) groups excluding carboxylic acids is 1. The SMILES string of the molecule is Cc1ccc(C2=NN(/C=C3\SC(=S)NC3=O)[C@@H](C(=O)O)C2)cc1. The van der Waals surface area contributed by atoms with Crippen molar-refractivity contribution in [3.05, 3.63) is 46.5 Å². The minimum absolute atomic E-state index is 0.277. The average Bonchev–Trinajstić information content (AvgIpc) is 3.04. The van der Waals surface area contributed by atoms with Crippen LogP contribution in [0.25, 0.3) is 0 Å². The number of benzene rings is 1. The van der Waals surface area contributed by atoms with Crippen molar-refractivity contribution < 1.29 is 14.7 Å². The second kappa shape index (κ2) is 6.13. The van der Waals surface area contributed by atoms with Gasteiger partial charge in [-0.15, -0.1) is 0 Å². The lowest BCUT2D eigenvalue weighted by atomic mass is 10.0. The first kappa shape index (κ1) is 15.7. The molecule has 0 aromatic heterocycles. The highest BCUT2D eigenvalue weighted by atomic mass is 32.2. The molecular weight excluding hydrogens is 334 g/mol. The summed E-state index contributed by atoms with van der Waals surface area (Å²) in [6.45, 7) is 1.98. The lowest BCUT2D eigenvalue weighted by Gasteiger charge is -2.15. The molecule has 2 aliphatic heterocycles. The van der Waals surface area contributed by atoms with E-state index in [-0.39, 0.29) is 12.3 Å². The van der Waals surface area contributed by atoms with Crippen molar-refractivity contribution >= 4 is 45.9 Å². The molecule has 0 radical (unpaired) electrons. The number of thiocarbonyl (C=S) groups is 1. The molecule has 1 aromatic carbocycles. The molecule has 3 rings (SSSR count). The van der Waals surface area contributed by atoms with E-state index in [2.05, 4.69) is 10.4 Å². The molecule has 0 aliphatic carbocycles. The summed E-state index contributed by atoms with van der Waals surface area (Å²) in [5.74, 6) is -1.32. The first-order valence-corrected chi connectivity index (χ1v) is 8.07. The Morgan fingerprint density at radius 1 is 1.48 bits per heavy atom. The van der Waals surface area contributed by atoms with Crippen LogP contribution in [0.15, 0.2) is 40.5 Å². The molecule has 0 bridgehead atoms. The molecule has 0 spiro atoms. The number of carboxylic acid groups (broad SMARTS) is 1. The second-order valence-corrected chi connectivity index (χ2v) is 6.91. The van der Waals surface area contributed by atoms with Gasteiger partial charge in [0.1, 0.15) is 4.32 Å². The van der Waals surface area contributed by atoms with Gasteiger partial charge in [-0.3, -0.25) is 9.80 Å². The summed E-state index contributed by atoms with van der Waals surface area (Å²) in [5.41, 5.74) is 2.68. The number of nitrogens with zero attached hydrogens (tertiary/aromatic N) is 2. The van der Waals surface area contributed by atoms with Crippen molar-refractivity contribution in [1.29, 1.82) is 0 Å². The molecule has 0 unspecified atom stereocenters. The number of carboxylic acids is 1. The second-order valence-electron chi connectivity index (χ2n) is 5.19. The van der Waals surface area contributed by atoms with Gasteiger partial charge in [-0.05, 0) is 12.5 Å². The zero-order valence-electron chi connectivity index (χ0n) is 12.1. The molecule has 1 fully saturated rings. The third kappa shape index (κ3) is 3.27. The van der Waals surface area contributed by atoms with Crippen LogP contribution in [0, 0.1) is 6.92 Å². The van der Waals surface area contributed by atoms with E-state index in [0.29, 0.717) is 14.9 Å². The zero-order chi connectivity index (χ0) is 16.6. The van der Waals surface area contributed by atoms with Crippen LogP contribution in [0.1, 0.15) is 17.5 Å². The van der Waals surface area contributed by atoms with Gasteiger partial charge in [0, 0.05) is 12.6 Å². The molecule has 0 saturated carbocycles. The molecule has 1 amide bonds. The molecule has 118 valence electrons. The number of carbonyl (C=O) groups is 2. The van der Waals surface area contributed by atoms with Crippen molar-refractivity contribution in [2.24, 2.45) is 5.10 Å². The number of aryl methyl sites for hydroxylation is 1. The van der Waals surface area contributed by atoms with Crippen molar-refractivity contribution in [2.45, 2.75) is 19.4 Å². The van der Waals surface area contributed by atoms with Crippen molar-refractivity contribution in [1.82, 2.24) is 10.3 Å². The highest BCUT2D eigenvalue weighted by Gasteiger charge is 2.34. The number of thioether (sulfide) groups is 1. The van der Waals surface area contributed by atoms with E-state index in [4.69, 9.17) is 12.2 Å². The number of hydrazone groups is 1. The number of hydrogen-bond donors (Lipinski definition) is 2. The van der Waals surface area contributed by atoms with Gasteiger partial charge in [0.05, 0.1) is 10.6 Å². The molecule has 2 N–H and O–H groups in total. The summed E-state index contributed by atoms with van der Waals surface area (Å²) in [5, 5.41) is 17.6. The minimum Gasteiger partial charge on any atom is -0.480 e. The maximum absolute atomic E-state index is 11.7. The normalized spacial score (nSPS) is 22.5. The Bertz CT molecular complexity index is 756. The van der Waals surface area contributed by atoms with Gasteiger partial charge in [-0.1, -0.05) is 53.8 Å². The highest BCUT2D eigenvalue weighted by Crippen LogP contribution is 2.28. The number of hydrogen-bond acceptors (Lipinski definition) is 6. The Labute approximate surface area is 142 Å². The van der Waals surface area contributed by atoms with Crippen molar-refractivity contribution in [2.75, 3.05) is 0 Å². The average molecular weight is 347 g/mol. The van der Waals surface area contributed by atoms with E-state index >= 15 is 0 Å². The van der Waals surface area contributed by atoms with E-state index in [1.165, 1.54) is 11.2 Å². The smallest absolute Gasteiger partial charge is 0.328 e. The summed E-state index contributed by atoms with van der Waals surface area (Å²) in [4.78, 5) is 23.6. The third-order valence-electron chi connectivity index (χ3n) is 3.50. The fourth-order valence-corrected chi connectivity index (χ4v) is 3.31. The summed E-state index contributed by atoms with van der Waals surface area (Å²) in [6.07, 6.45) is 1.72. The highest BCUT2D eigenvalue weighted by molar-refractivity contribution is 8.26. The van der Waals surface area contributed by atoms with E-state index in [1.807, 2.05) is 31.2 Å². The predicted octanol–water partition coefficient (Wildman–Crippen LogP) is 1.85. The van der Waals surface area contributed by atoms with E-state index in [1.54, 1.807) is 0 Å². The molecular formula is C15H13N3O3S2. The van der Waals surface area contributed by atoms with E-state index in [0.717, 1.165) is 22.9 Å². The Kier molecular flexibility index (Phi) is 4.18. The van der Waals surface area contributed by atoms with Crippen LogP contribution >= 0.6 is 24.0 Å². The van der Waals surface area contributed by atoms with E-state index in [9.17, 15) is 14.7 Å².